The van der Waals surface area contributed by atoms with Crippen LogP contribution < -0.4 is 5.73 Å². The SMILES string of the molecule is CCN(CCCc1ccccc1)C1(CN)CCC(C)CC1. The zero-order valence-electron chi connectivity index (χ0n) is 13.9. The predicted octanol–water partition coefficient (Wildman–Crippen LogP) is 3.85. The van der Waals surface area contributed by atoms with E-state index in [9.17, 15) is 0 Å². The third-order valence-electron chi connectivity index (χ3n) is 5.37. The fourth-order valence-electron chi connectivity index (χ4n) is 3.80. The first-order valence-corrected chi connectivity index (χ1v) is 8.69. The van der Waals surface area contributed by atoms with Crippen LogP contribution in [0.4, 0.5) is 0 Å². The first-order valence-electron chi connectivity index (χ1n) is 8.69. The molecule has 1 aliphatic rings. The first kappa shape index (κ1) is 16.5. The Hall–Kier alpha value is -0.860. The van der Waals surface area contributed by atoms with E-state index in [1.54, 1.807) is 0 Å². The number of nitrogens with two attached hydrogens (primary N) is 1. The van der Waals surface area contributed by atoms with Crippen molar-refractivity contribution in [3.63, 3.8) is 0 Å². The molecular weight excluding hydrogens is 256 g/mol. The van der Waals surface area contributed by atoms with Crippen molar-refractivity contribution in [1.29, 1.82) is 0 Å². The number of benzene rings is 1. The van der Waals surface area contributed by atoms with Crippen molar-refractivity contribution >= 4 is 0 Å². The highest BCUT2D eigenvalue weighted by Gasteiger charge is 2.37. The summed E-state index contributed by atoms with van der Waals surface area (Å²) < 4.78 is 0. The van der Waals surface area contributed by atoms with Gasteiger partial charge in [0.05, 0.1) is 0 Å². The number of hydrogen-bond donors (Lipinski definition) is 1. The van der Waals surface area contributed by atoms with Gasteiger partial charge in [0.1, 0.15) is 0 Å². The summed E-state index contributed by atoms with van der Waals surface area (Å²) in [7, 11) is 0. The molecule has 0 aliphatic heterocycles. The summed E-state index contributed by atoms with van der Waals surface area (Å²) in [5.74, 6) is 0.882. The van der Waals surface area contributed by atoms with E-state index < -0.39 is 0 Å². The lowest BCUT2D eigenvalue weighted by atomic mass is 9.76. The summed E-state index contributed by atoms with van der Waals surface area (Å²) in [5.41, 5.74) is 7.93. The minimum Gasteiger partial charge on any atom is -0.329 e. The summed E-state index contributed by atoms with van der Waals surface area (Å²) in [6.07, 6.45) is 7.65. The van der Waals surface area contributed by atoms with Crippen LogP contribution in [0, 0.1) is 5.92 Å². The maximum atomic E-state index is 6.20. The largest absolute Gasteiger partial charge is 0.329 e. The minimum absolute atomic E-state index is 0.276. The van der Waals surface area contributed by atoms with Crippen LogP contribution in [0.2, 0.25) is 0 Å². The molecule has 1 fully saturated rings. The zero-order chi connectivity index (χ0) is 15.1. The van der Waals surface area contributed by atoms with Crippen LogP contribution >= 0.6 is 0 Å². The number of hydrogen-bond acceptors (Lipinski definition) is 2. The van der Waals surface area contributed by atoms with Crippen molar-refractivity contribution in [2.24, 2.45) is 11.7 Å². The van der Waals surface area contributed by atoms with Gasteiger partial charge in [-0.1, -0.05) is 44.2 Å². The van der Waals surface area contributed by atoms with Gasteiger partial charge in [-0.15, -0.1) is 0 Å². The lowest BCUT2D eigenvalue weighted by Gasteiger charge is -2.47. The third kappa shape index (κ3) is 4.31. The van der Waals surface area contributed by atoms with Crippen molar-refractivity contribution < 1.29 is 0 Å². The molecule has 0 unspecified atom stereocenters. The summed E-state index contributed by atoms with van der Waals surface area (Å²) in [4.78, 5) is 2.67. The molecule has 1 saturated carbocycles. The van der Waals surface area contributed by atoms with Crippen LogP contribution in [0.25, 0.3) is 0 Å². The monoisotopic (exact) mass is 288 g/mol. The average Bonchev–Trinajstić information content (AvgIpc) is 2.54. The quantitative estimate of drug-likeness (QED) is 0.826. The standard InChI is InChI=1S/C19H32N2/c1-3-21(15-7-10-18-8-5-4-6-9-18)19(16-20)13-11-17(2)12-14-19/h4-6,8-9,17H,3,7,10-16,20H2,1-2H3. The second kappa shape index (κ2) is 7.95. The van der Waals surface area contributed by atoms with Crippen LogP contribution in [0.3, 0.4) is 0 Å². The van der Waals surface area contributed by atoms with E-state index in [1.165, 1.54) is 50.6 Å². The van der Waals surface area contributed by atoms with Crippen LogP contribution in [0.5, 0.6) is 0 Å². The molecule has 118 valence electrons. The highest BCUT2D eigenvalue weighted by atomic mass is 15.2. The average molecular weight is 288 g/mol. The van der Waals surface area contributed by atoms with Crippen molar-refractivity contribution in [2.75, 3.05) is 19.6 Å². The van der Waals surface area contributed by atoms with E-state index in [4.69, 9.17) is 5.73 Å². The lowest BCUT2D eigenvalue weighted by Crippen LogP contribution is -2.55. The molecular formula is C19H32N2. The molecule has 1 aromatic rings. The van der Waals surface area contributed by atoms with Gasteiger partial charge in [-0.05, 0) is 63.1 Å². The third-order valence-corrected chi connectivity index (χ3v) is 5.37. The molecule has 0 amide bonds. The fourth-order valence-corrected chi connectivity index (χ4v) is 3.80. The van der Waals surface area contributed by atoms with E-state index in [0.717, 1.165) is 19.0 Å². The van der Waals surface area contributed by atoms with Gasteiger partial charge in [0.2, 0.25) is 0 Å². The van der Waals surface area contributed by atoms with Crippen molar-refractivity contribution in [3.05, 3.63) is 35.9 Å². The fraction of sp³-hybridized carbons (Fsp3) is 0.684. The Morgan fingerprint density at radius 2 is 1.86 bits per heavy atom. The molecule has 0 saturated heterocycles. The van der Waals surface area contributed by atoms with Crippen LogP contribution in [0.1, 0.15) is 51.5 Å². The minimum atomic E-state index is 0.276. The van der Waals surface area contributed by atoms with E-state index in [1.807, 2.05) is 0 Å². The molecule has 2 N–H and O–H groups in total. The molecule has 2 rings (SSSR count). The van der Waals surface area contributed by atoms with Crippen molar-refractivity contribution in [2.45, 2.75) is 57.9 Å². The second-order valence-corrected chi connectivity index (χ2v) is 6.78. The van der Waals surface area contributed by atoms with E-state index in [2.05, 4.69) is 49.1 Å². The first-order chi connectivity index (χ1) is 10.2. The number of rotatable bonds is 7. The summed E-state index contributed by atoms with van der Waals surface area (Å²) in [5, 5.41) is 0. The topological polar surface area (TPSA) is 29.3 Å². The molecule has 2 nitrogen and oxygen atoms in total. The predicted molar refractivity (Wildman–Crippen MR) is 91.4 cm³/mol. The summed E-state index contributed by atoms with van der Waals surface area (Å²) >= 11 is 0. The normalized spacial score (nSPS) is 26.2. The Labute approximate surface area is 130 Å². The van der Waals surface area contributed by atoms with Crippen LogP contribution in [-0.2, 0) is 6.42 Å². The Morgan fingerprint density at radius 3 is 2.43 bits per heavy atom. The smallest absolute Gasteiger partial charge is 0.0331 e. The molecule has 1 aromatic carbocycles. The maximum absolute atomic E-state index is 6.20. The second-order valence-electron chi connectivity index (χ2n) is 6.78. The molecule has 0 aromatic heterocycles. The Kier molecular flexibility index (Phi) is 6.25. The maximum Gasteiger partial charge on any atom is 0.0331 e. The number of nitrogens with zero attached hydrogens (tertiary/aromatic N) is 1. The summed E-state index contributed by atoms with van der Waals surface area (Å²) in [6, 6.07) is 10.8. The molecule has 0 heterocycles. The van der Waals surface area contributed by atoms with Crippen molar-refractivity contribution in [1.82, 2.24) is 4.90 Å². The number of likely N-dealkylation sites (N-methyl/N-ethyl adjacent to an activating group) is 1. The van der Waals surface area contributed by atoms with Gasteiger partial charge in [0.15, 0.2) is 0 Å². The molecule has 21 heavy (non-hydrogen) atoms. The van der Waals surface area contributed by atoms with Gasteiger partial charge >= 0.3 is 0 Å². The van der Waals surface area contributed by atoms with Gasteiger partial charge in [0, 0.05) is 12.1 Å². The molecule has 1 aliphatic carbocycles. The van der Waals surface area contributed by atoms with Gasteiger partial charge in [0.25, 0.3) is 0 Å². The Bertz CT molecular complexity index is 393. The summed E-state index contributed by atoms with van der Waals surface area (Å²) in [6.45, 7) is 7.79. The molecule has 0 spiro atoms. The van der Waals surface area contributed by atoms with Gasteiger partial charge in [-0.25, -0.2) is 0 Å². The van der Waals surface area contributed by atoms with Crippen molar-refractivity contribution in [3.8, 4) is 0 Å². The van der Waals surface area contributed by atoms with E-state index in [-0.39, 0.29) is 5.54 Å². The van der Waals surface area contributed by atoms with E-state index in [0.29, 0.717) is 0 Å². The highest BCUT2D eigenvalue weighted by Crippen LogP contribution is 2.35. The molecule has 0 atom stereocenters. The Morgan fingerprint density at radius 1 is 1.19 bits per heavy atom. The van der Waals surface area contributed by atoms with Gasteiger partial charge < -0.3 is 5.73 Å². The number of aryl methyl sites for hydroxylation is 1. The molecule has 2 heteroatoms. The molecule has 0 radical (unpaired) electrons. The van der Waals surface area contributed by atoms with Crippen LogP contribution in [0.15, 0.2) is 30.3 Å². The highest BCUT2D eigenvalue weighted by molar-refractivity contribution is 5.14. The van der Waals surface area contributed by atoms with E-state index >= 15 is 0 Å². The molecule has 0 bridgehead atoms. The Balaban J connectivity index is 1.89. The van der Waals surface area contributed by atoms with Gasteiger partial charge in [-0.3, -0.25) is 4.90 Å². The van der Waals surface area contributed by atoms with Gasteiger partial charge in [-0.2, -0.15) is 0 Å². The van der Waals surface area contributed by atoms with Crippen LogP contribution in [-0.4, -0.2) is 30.1 Å². The lowest BCUT2D eigenvalue weighted by molar-refractivity contribution is 0.0481. The zero-order valence-corrected chi connectivity index (χ0v) is 13.9.